The van der Waals surface area contributed by atoms with Crippen LogP contribution in [-0.4, -0.2) is 28.8 Å². The molecular formula is C16H21ClN4O. The van der Waals surface area contributed by atoms with Gasteiger partial charge in [0.05, 0.1) is 17.8 Å². The molecule has 118 valence electrons. The first-order valence-corrected chi connectivity index (χ1v) is 7.68. The average molecular weight is 321 g/mol. The monoisotopic (exact) mass is 320 g/mol. The van der Waals surface area contributed by atoms with E-state index in [-0.39, 0.29) is 5.91 Å². The van der Waals surface area contributed by atoms with Crippen LogP contribution in [-0.2, 0) is 11.2 Å². The Morgan fingerprint density at radius 3 is 2.64 bits per heavy atom. The van der Waals surface area contributed by atoms with Crippen LogP contribution in [0.3, 0.4) is 0 Å². The molecule has 0 bridgehead atoms. The fourth-order valence-electron chi connectivity index (χ4n) is 2.32. The molecule has 0 atom stereocenters. The molecule has 0 saturated carbocycles. The largest absolute Gasteiger partial charge is 0.356 e. The molecule has 0 aliphatic heterocycles. The number of amides is 1. The van der Waals surface area contributed by atoms with Gasteiger partial charge in [0.15, 0.2) is 0 Å². The molecule has 0 aliphatic carbocycles. The highest BCUT2D eigenvalue weighted by Gasteiger charge is 2.15. The van der Waals surface area contributed by atoms with Gasteiger partial charge < -0.3 is 11.1 Å². The normalized spacial score (nSPS) is 10.7. The van der Waals surface area contributed by atoms with Crippen LogP contribution < -0.4 is 11.1 Å². The van der Waals surface area contributed by atoms with Crippen molar-refractivity contribution in [3.05, 3.63) is 46.2 Å². The van der Waals surface area contributed by atoms with E-state index < -0.39 is 0 Å². The average Bonchev–Trinajstić information content (AvgIpc) is 2.76. The fraction of sp³-hybridized carbons (Fsp3) is 0.375. The summed E-state index contributed by atoms with van der Waals surface area (Å²) in [5.74, 6) is -0.00435. The first-order chi connectivity index (χ1) is 10.5. The second kappa shape index (κ2) is 7.42. The number of halogens is 1. The van der Waals surface area contributed by atoms with Crippen LogP contribution in [0.5, 0.6) is 0 Å². The van der Waals surface area contributed by atoms with Crippen LogP contribution in [0.2, 0.25) is 5.02 Å². The summed E-state index contributed by atoms with van der Waals surface area (Å²) in [6.07, 6.45) is 1.11. The number of benzene rings is 1. The van der Waals surface area contributed by atoms with Crippen molar-refractivity contribution >= 4 is 17.5 Å². The zero-order chi connectivity index (χ0) is 16.1. The van der Waals surface area contributed by atoms with Gasteiger partial charge in [-0.15, -0.1) is 0 Å². The Balaban J connectivity index is 2.16. The number of carbonyl (C=O) groups excluding carboxylic acids is 1. The number of nitrogens with two attached hydrogens (primary N) is 1. The minimum atomic E-state index is -0.00435. The number of nitrogens with one attached hydrogen (secondary N) is 1. The van der Waals surface area contributed by atoms with E-state index in [1.54, 1.807) is 0 Å². The summed E-state index contributed by atoms with van der Waals surface area (Å²) in [7, 11) is 0. The Morgan fingerprint density at radius 1 is 1.32 bits per heavy atom. The molecule has 1 heterocycles. The van der Waals surface area contributed by atoms with Gasteiger partial charge in [0, 0.05) is 22.8 Å². The number of carbonyl (C=O) groups is 1. The quantitative estimate of drug-likeness (QED) is 0.801. The van der Waals surface area contributed by atoms with Gasteiger partial charge in [0.2, 0.25) is 5.91 Å². The second-order valence-corrected chi connectivity index (χ2v) is 5.64. The number of aryl methyl sites for hydroxylation is 1. The van der Waals surface area contributed by atoms with E-state index in [9.17, 15) is 4.79 Å². The predicted molar refractivity (Wildman–Crippen MR) is 88.4 cm³/mol. The van der Waals surface area contributed by atoms with Crippen molar-refractivity contribution in [2.75, 3.05) is 13.1 Å². The molecule has 22 heavy (non-hydrogen) atoms. The Labute approximate surface area is 135 Å². The van der Waals surface area contributed by atoms with E-state index in [4.69, 9.17) is 17.3 Å². The minimum absolute atomic E-state index is 0.00435. The van der Waals surface area contributed by atoms with Crippen molar-refractivity contribution < 1.29 is 4.79 Å². The summed E-state index contributed by atoms with van der Waals surface area (Å²) in [6, 6.07) is 7.47. The summed E-state index contributed by atoms with van der Waals surface area (Å²) >= 11 is 5.91. The second-order valence-electron chi connectivity index (χ2n) is 5.21. The lowest BCUT2D eigenvalue weighted by Crippen LogP contribution is -2.27. The van der Waals surface area contributed by atoms with E-state index in [0.717, 1.165) is 29.1 Å². The van der Waals surface area contributed by atoms with Crippen LogP contribution in [0, 0.1) is 13.8 Å². The van der Waals surface area contributed by atoms with Crippen molar-refractivity contribution in [2.45, 2.75) is 26.7 Å². The molecule has 1 aromatic heterocycles. The first kappa shape index (κ1) is 16.5. The molecule has 2 aromatic rings. The molecule has 5 nitrogen and oxygen atoms in total. The van der Waals surface area contributed by atoms with Crippen LogP contribution in [0.25, 0.3) is 5.69 Å². The number of rotatable bonds is 6. The van der Waals surface area contributed by atoms with E-state index >= 15 is 0 Å². The summed E-state index contributed by atoms with van der Waals surface area (Å²) in [5.41, 5.74) is 9.14. The van der Waals surface area contributed by atoms with Crippen molar-refractivity contribution in [1.82, 2.24) is 15.1 Å². The third kappa shape index (κ3) is 3.87. The number of aromatic nitrogens is 2. The maximum Gasteiger partial charge on any atom is 0.224 e. The molecule has 6 heteroatoms. The lowest BCUT2D eigenvalue weighted by molar-refractivity contribution is -0.120. The molecule has 1 amide bonds. The Hall–Kier alpha value is -1.85. The van der Waals surface area contributed by atoms with Gasteiger partial charge in [-0.1, -0.05) is 11.6 Å². The van der Waals surface area contributed by atoms with Gasteiger partial charge in [-0.05, 0) is 51.1 Å². The summed E-state index contributed by atoms with van der Waals surface area (Å²) < 4.78 is 1.84. The van der Waals surface area contributed by atoms with E-state index in [0.29, 0.717) is 24.5 Å². The lowest BCUT2D eigenvalue weighted by Gasteiger charge is -2.06. The van der Waals surface area contributed by atoms with Gasteiger partial charge in [-0.2, -0.15) is 5.10 Å². The number of hydrogen-bond donors (Lipinski definition) is 2. The Morgan fingerprint density at radius 2 is 2.00 bits per heavy atom. The van der Waals surface area contributed by atoms with Crippen molar-refractivity contribution in [3.8, 4) is 5.69 Å². The molecular weight excluding hydrogens is 300 g/mol. The van der Waals surface area contributed by atoms with Crippen molar-refractivity contribution in [1.29, 1.82) is 0 Å². The molecule has 0 radical (unpaired) electrons. The number of nitrogens with zero attached hydrogens (tertiary/aromatic N) is 2. The smallest absolute Gasteiger partial charge is 0.224 e. The van der Waals surface area contributed by atoms with Crippen LogP contribution >= 0.6 is 11.6 Å². The first-order valence-electron chi connectivity index (χ1n) is 7.30. The topological polar surface area (TPSA) is 72.9 Å². The molecule has 0 fully saturated rings. The highest BCUT2D eigenvalue weighted by atomic mass is 35.5. The molecule has 3 N–H and O–H groups in total. The van der Waals surface area contributed by atoms with Crippen LogP contribution in [0.4, 0.5) is 0 Å². The summed E-state index contributed by atoms with van der Waals surface area (Å²) in [5, 5.41) is 8.09. The summed E-state index contributed by atoms with van der Waals surface area (Å²) in [6.45, 7) is 5.07. The zero-order valence-electron chi connectivity index (χ0n) is 12.9. The van der Waals surface area contributed by atoms with Gasteiger partial charge in [0.1, 0.15) is 0 Å². The SMILES string of the molecule is Cc1nn(-c2ccc(Cl)cc2)c(C)c1CC(=O)NCCCN. The van der Waals surface area contributed by atoms with E-state index in [1.165, 1.54) is 0 Å². The summed E-state index contributed by atoms with van der Waals surface area (Å²) in [4.78, 5) is 12.0. The zero-order valence-corrected chi connectivity index (χ0v) is 13.7. The molecule has 1 aromatic carbocycles. The highest BCUT2D eigenvalue weighted by molar-refractivity contribution is 6.30. The third-order valence-electron chi connectivity index (χ3n) is 3.55. The highest BCUT2D eigenvalue weighted by Crippen LogP contribution is 2.20. The fourth-order valence-corrected chi connectivity index (χ4v) is 2.44. The van der Waals surface area contributed by atoms with Gasteiger partial charge >= 0.3 is 0 Å². The maximum absolute atomic E-state index is 12.0. The van der Waals surface area contributed by atoms with Gasteiger partial charge in [-0.25, -0.2) is 4.68 Å². The maximum atomic E-state index is 12.0. The third-order valence-corrected chi connectivity index (χ3v) is 3.80. The Bertz CT molecular complexity index is 649. The lowest BCUT2D eigenvalue weighted by atomic mass is 10.1. The van der Waals surface area contributed by atoms with Crippen LogP contribution in [0.1, 0.15) is 23.4 Å². The standard InChI is InChI=1S/C16H21ClN4O/c1-11-15(10-16(22)19-9-3-8-18)12(2)21(20-11)14-6-4-13(17)5-7-14/h4-7H,3,8-10,18H2,1-2H3,(H,19,22). The van der Waals surface area contributed by atoms with Crippen LogP contribution in [0.15, 0.2) is 24.3 Å². The molecule has 2 rings (SSSR count). The Kier molecular flexibility index (Phi) is 5.57. The van der Waals surface area contributed by atoms with E-state index in [2.05, 4.69) is 10.4 Å². The van der Waals surface area contributed by atoms with Crippen molar-refractivity contribution in [2.24, 2.45) is 5.73 Å². The molecule has 0 unspecified atom stereocenters. The molecule has 0 saturated heterocycles. The van der Waals surface area contributed by atoms with E-state index in [1.807, 2.05) is 42.8 Å². The predicted octanol–water partition coefficient (Wildman–Crippen LogP) is 2.15. The van der Waals surface area contributed by atoms with Gasteiger partial charge in [0.25, 0.3) is 0 Å². The van der Waals surface area contributed by atoms with Gasteiger partial charge in [-0.3, -0.25) is 4.79 Å². The molecule has 0 spiro atoms. The molecule has 0 aliphatic rings. The number of hydrogen-bond acceptors (Lipinski definition) is 3. The minimum Gasteiger partial charge on any atom is -0.356 e. The van der Waals surface area contributed by atoms with Crippen molar-refractivity contribution in [3.63, 3.8) is 0 Å².